The number of nitrogens with two attached hydrogens (primary N) is 1. The Morgan fingerprint density at radius 3 is 2.40 bits per heavy atom. The van der Waals surface area contributed by atoms with Crippen LogP contribution in [0.3, 0.4) is 0 Å². The number of alkyl halides is 2. The standard InChI is InChI=1S/C11H12ClF2N/c1-7-2-3-8(4-9(7)12)10(15)5-11(13,14)6-10/h2-4H,5-6,15H2,1H3. The van der Waals surface area contributed by atoms with Crippen LogP contribution in [0.25, 0.3) is 0 Å². The summed E-state index contributed by atoms with van der Waals surface area (Å²) in [6.45, 7) is 1.87. The highest BCUT2D eigenvalue weighted by molar-refractivity contribution is 6.31. The van der Waals surface area contributed by atoms with Crippen molar-refractivity contribution < 1.29 is 8.78 Å². The molecule has 0 spiro atoms. The lowest BCUT2D eigenvalue weighted by Gasteiger charge is -2.45. The van der Waals surface area contributed by atoms with Crippen molar-refractivity contribution in [1.29, 1.82) is 0 Å². The molecule has 82 valence electrons. The summed E-state index contributed by atoms with van der Waals surface area (Å²) >= 11 is 5.93. The molecule has 0 aliphatic heterocycles. The van der Waals surface area contributed by atoms with Gasteiger partial charge in [-0.3, -0.25) is 0 Å². The molecular weight excluding hydrogens is 220 g/mol. The van der Waals surface area contributed by atoms with E-state index in [0.29, 0.717) is 10.6 Å². The van der Waals surface area contributed by atoms with Crippen LogP contribution in [-0.4, -0.2) is 5.92 Å². The molecule has 0 heterocycles. The van der Waals surface area contributed by atoms with Gasteiger partial charge in [0.2, 0.25) is 0 Å². The molecule has 0 saturated heterocycles. The molecule has 1 fully saturated rings. The molecule has 1 aliphatic carbocycles. The summed E-state index contributed by atoms with van der Waals surface area (Å²) < 4.78 is 25.6. The van der Waals surface area contributed by atoms with Crippen molar-refractivity contribution in [2.24, 2.45) is 5.73 Å². The lowest BCUT2D eigenvalue weighted by Crippen LogP contribution is -2.55. The Kier molecular flexibility index (Phi) is 2.28. The molecule has 1 saturated carbocycles. The van der Waals surface area contributed by atoms with Gasteiger partial charge in [0, 0.05) is 17.9 Å². The van der Waals surface area contributed by atoms with Crippen LogP contribution < -0.4 is 5.73 Å². The minimum atomic E-state index is -2.62. The summed E-state index contributed by atoms with van der Waals surface area (Å²) in [5, 5.41) is 0.576. The molecular formula is C11H12ClF2N. The summed E-state index contributed by atoms with van der Waals surface area (Å²) in [5.41, 5.74) is 6.60. The summed E-state index contributed by atoms with van der Waals surface area (Å²) in [4.78, 5) is 0. The zero-order valence-corrected chi connectivity index (χ0v) is 9.11. The Hall–Kier alpha value is -0.670. The van der Waals surface area contributed by atoms with Gasteiger partial charge in [-0.15, -0.1) is 0 Å². The molecule has 0 atom stereocenters. The molecule has 0 unspecified atom stereocenters. The molecule has 0 aromatic heterocycles. The minimum Gasteiger partial charge on any atom is -0.321 e. The van der Waals surface area contributed by atoms with Gasteiger partial charge in [0.15, 0.2) is 0 Å². The van der Waals surface area contributed by atoms with Crippen molar-refractivity contribution >= 4 is 11.6 Å². The van der Waals surface area contributed by atoms with E-state index in [1.165, 1.54) is 0 Å². The van der Waals surface area contributed by atoms with Crippen molar-refractivity contribution in [1.82, 2.24) is 0 Å². The van der Waals surface area contributed by atoms with E-state index in [9.17, 15) is 8.78 Å². The van der Waals surface area contributed by atoms with Gasteiger partial charge < -0.3 is 5.73 Å². The van der Waals surface area contributed by atoms with Crippen molar-refractivity contribution in [3.63, 3.8) is 0 Å². The molecule has 2 rings (SSSR count). The largest absolute Gasteiger partial charge is 0.321 e. The van der Waals surface area contributed by atoms with E-state index in [2.05, 4.69) is 0 Å². The number of benzene rings is 1. The van der Waals surface area contributed by atoms with Crippen molar-refractivity contribution in [2.45, 2.75) is 31.2 Å². The topological polar surface area (TPSA) is 26.0 Å². The quantitative estimate of drug-likeness (QED) is 0.789. The monoisotopic (exact) mass is 231 g/mol. The fraction of sp³-hybridized carbons (Fsp3) is 0.455. The van der Waals surface area contributed by atoms with Crippen molar-refractivity contribution in [3.8, 4) is 0 Å². The molecule has 15 heavy (non-hydrogen) atoms. The normalized spacial score (nSPS) is 22.2. The average Bonchev–Trinajstić information content (AvgIpc) is 2.06. The molecule has 1 aliphatic rings. The number of halogens is 3. The van der Waals surface area contributed by atoms with Crippen LogP contribution in [0.15, 0.2) is 18.2 Å². The number of rotatable bonds is 1. The SMILES string of the molecule is Cc1ccc(C2(N)CC(F)(F)C2)cc1Cl. The summed E-state index contributed by atoms with van der Waals surface area (Å²) in [6, 6.07) is 5.27. The van der Waals surface area contributed by atoms with Gasteiger partial charge >= 0.3 is 0 Å². The molecule has 1 aromatic carbocycles. The first-order valence-electron chi connectivity index (χ1n) is 4.76. The van der Waals surface area contributed by atoms with Gasteiger partial charge in [-0.2, -0.15) is 0 Å². The first kappa shape index (κ1) is 10.8. The van der Waals surface area contributed by atoms with Crippen LogP contribution in [0, 0.1) is 6.92 Å². The Labute approximate surface area is 92.2 Å². The van der Waals surface area contributed by atoms with Crippen LogP contribution in [-0.2, 0) is 5.54 Å². The molecule has 0 amide bonds. The first-order chi connectivity index (χ1) is 6.82. The highest BCUT2D eigenvalue weighted by Crippen LogP contribution is 2.50. The average molecular weight is 232 g/mol. The third kappa shape index (κ3) is 1.86. The minimum absolute atomic E-state index is 0.292. The smallest absolute Gasteiger partial charge is 0.252 e. The second-order valence-electron chi connectivity index (χ2n) is 4.33. The Morgan fingerprint density at radius 1 is 1.33 bits per heavy atom. The Balaban J connectivity index is 2.28. The second-order valence-corrected chi connectivity index (χ2v) is 4.74. The number of hydrogen-bond donors (Lipinski definition) is 1. The predicted octanol–water partition coefficient (Wildman–Crippen LogP) is 3.23. The summed E-state index contributed by atoms with van der Waals surface area (Å²) in [5.74, 6) is -2.62. The zero-order valence-electron chi connectivity index (χ0n) is 8.36. The molecule has 1 aromatic rings. The lowest BCUT2D eigenvalue weighted by molar-refractivity contribution is -0.125. The molecule has 1 nitrogen and oxygen atoms in total. The highest BCUT2D eigenvalue weighted by atomic mass is 35.5. The van der Waals surface area contributed by atoms with E-state index in [4.69, 9.17) is 17.3 Å². The van der Waals surface area contributed by atoms with Crippen molar-refractivity contribution in [2.75, 3.05) is 0 Å². The molecule has 0 radical (unpaired) electrons. The highest BCUT2D eigenvalue weighted by Gasteiger charge is 2.55. The summed E-state index contributed by atoms with van der Waals surface area (Å²) in [6.07, 6.45) is -0.585. The maximum absolute atomic E-state index is 12.8. The fourth-order valence-electron chi connectivity index (χ4n) is 1.98. The van der Waals surface area contributed by atoms with E-state index in [1.54, 1.807) is 12.1 Å². The maximum atomic E-state index is 12.8. The van der Waals surface area contributed by atoms with Crippen LogP contribution in [0.2, 0.25) is 5.02 Å². The van der Waals surface area contributed by atoms with E-state index in [0.717, 1.165) is 5.56 Å². The summed E-state index contributed by atoms with van der Waals surface area (Å²) in [7, 11) is 0. The van der Waals surface area contributed by atoms with Crippen LogP contribution in [0.4, 0.5) is 8.78 Å². The van der Waals surface area contributed by atoms with Gasteiger partial charge in [-0.05, 0) is 24.1 Å². The first-order valence-corrected chi connectivity index (χ1v) is 5.14. The lowest BCUT2D eigenvalue weighted by atomic mass is 9.70. The van der Waals surface area contributed by atoms with Gasteiger partial charge in [0.25, 0.3) is 5.92 Å². The van der Waals surface area contributed by atoms with Crippen LogP contribution >= 0.6 is 11.6 Å². The van der Waals surface area contributed by atoms with Gasteiger partial charge in [0.1, 0.15) is 0 Å². The number of hydrogen-bond acceptors (Lipinski definition) is 1. The second kappa shape index (κ2) is 3.16. The van der Waals surface area contributed by atoms with E-state index < -0.39 is 11.5 Å². The van der Waals surface area contributed by atoms with Gasteiger partial charge in [0.05, 0.1) is 5.54 Å². The van der Waals surface area contributed by atoms with Crippen LogP contribution in [0.5, 0.6) is 0 Å². The fourth-order valence-corrected chi connectivity index (χ4v) is 2.16. The Morgan fingerprint density at radius 2 is 1.93 bits per heavy atom. The zero-order chi connectivity index (χ0) is 11.3. The van der Waals surface area contributed by atoms with Crippen molar-refractivity contribution in [3.05, 3.63) is 34.3 Å². The number of aryl methyl sites for hydroxylation is 1. The third-order valence-corrected chi connectivity index (χ3v) is 3.30. The Bertz CT molecular complexity index is 396. The molecule has 2 N–H and O–H groups in total. The van der Waals surface area contributed by atoms with E-state index in [-0.39, 0.29) is 12.8 Å². The van der Waals surface area contributed by atoms with E-state index >= 15 is 0 Å². The maximum Gasteiger partial charge on any atom is 0.252 e. The molecule has 4 heteroatoms. The van der Waals surface area contributed by atoms with Gasteiger partial charge in [-0.25, -0.2) is 8.78 Å². The van der Waals surface area contributed by atoms with E-state index in [1.807, 2.05) is 13.0 Å². The third-order valence-electron chi connectivity index (χ3n) is 2.89. The predicted molar refractivity (Wildman–Crippen MR) is 56.2 cm³/mol. The van der Waals surface area contributed by atoms with Gasteiger partial charge in [-0.1, -0.05) is 23.7 Å². The molecule has 0 bridgehead atoms. The van der Waals surface area contributed by atoms with Crippen LogP contribution in [0.1, 0.15) is 24.0 Å².